The van der Waals surface area contributed by atoms with Gasteiger partial charge in [-0.25, -0.2) is 0 Å². The van der Waals surface area contributed by atoms with Crippen LogP contribution in [0.25, 0.3) is 0 Å². The van der Waals surface area contributed by atoms with Gasteiger partial charge in [-0.05, 0) is 31.4 Å². The molecule has 0 heterocycles. The maximum atomic E-state index is 12.3. The summed E-state index contributed by atoms with van der Waals surface area (Å²) in [6.45, 7) is 4.28. The lowest BCUT2D eigenvalue weighted by Crippen LogP contribution is -2.40. The third-order valence-electron chi connectivity index (χ3n) is 4.37. The number of carbonyl (C=O) groups is 2. The predicted molar refractivity (Wildman–Crippen MR) is 104 cm³/mol. The summed E-state index contributed by atoms with van der Waals surface area (Å²) in [5.41, 5.74) is 3.19. The molecule has 27 heavy (non-hydrogen) atoms. The molecule has 2 aromatic rings. The van der Waals surface area contributed by atoms with E-state index in [0.29, 0.717) is 13.0 Å². The summed E-state index contributed by atoms with van der Waals surface area (Å²) in [6, 6.07) is 17.6. The van der Waals surface area contributed by atoms with E-state index in [1.165, 1.54) is 7.11 Å². The maximum Gasteiger partial charge on any atom is 0.310 e. The van der Waals surface area contributed by atoms with Crippen LogP contribution in [0.2, 0.25) is 0 Å². The second-order valence-electron chi connectivity index (χ2n) is 6.59. The van der Waals surface area contributed by atoms with Crippen molar-refractivity contribution in [3.05, 3.63) is 71.3 Å². The first-order chi connectivity index (χ1) is 13.0. The Kier molecular flexibility index (Phi) is 8.01. The molecule has 0 aliphatic carbocycles. The number of hydrogen-bond acceptors (Lipinski definition) is 4. The van der Waals surface area contributed by atoms with Crippen LogP contribution in [0, 0.1) is 12.8 Å². The van der Waals surface area contributed by atoms with Gasteiger partial charge in [0.15, 0.2) is 0 Å². The Morgan fingerprint density at radius 2 is 1.67 bits per heavy atom. The van der Waals surface area contributed by atoms with Crippen molar-refractivity contribution in [1.29, 1.82) is 0 Å². The molecule has 0 radical (unpaired) electrons. The maximum absolute atomic E-state index is 12.3. The van der Waals surface area contributed by atoms with Crippen molar-refractivity contribution >= 4 is 11.9 Å². The Bertz CT molecular complexity index is 728. The minimum Gasteiger partial charge on any atom is -0.469 e. The summed E-state index contributed by atoms with van der Waals surface area (Å²) < 4.78 is 10.5. The monoisotopic (exact) mass is 369 g/mol. The highest BCUT2D eigenvalue weighted by Gasteiger charge is 2.22. The van der Waals surface area contributed by atoms with Gasteiger partial charge in [-0.2, -0.15) is 0 Å². The first-order valence-corrected chi connectivity index (χ1v) is 9.06. The lowest BCUT2D eigenvalue weighted by molar-refractivity contribution is -0.145. The van der Waals surface area contributed by atoms with Crippen molar-refractivity contribution in [3.63, 3.8) is 0 Å². The highest BCUT2D eigenvalue weighted by atomic mass is 16.5. The van der Waals surface area contributed by atoms with E-state index in [9.17, 15) is 9.59 Å². The van der Waals surface area contributed by atoms with Gasteiger partial charge in [-0.3, -0.25) is 9.59 Å². The van der Waals surface area contributed by atoms with E-state index in [1.54, 1.807) is 6.92 Å². The molecule has 0 saturated heterocycles. The van der Waals surface area contributed by atoms with Crippen molar-refractivity contribution in [2.24, 2.45) is 5.92 Å². The molecule has 0 spiro atoms. The third-order valence-corrected chi connectivity index (χ3v) is 4.37. The number of hydrogen-bond donors (Lipinski definition) is 1. The summed E-state index contributed by atoms with van der Waals surface area (Å²) in [6.07, 6.45) is -0.102. The fourth-order valence-corrected chi connectivity index (χ4v) is 2.65. The molecular formula is C22H27NO4. The molecule has 2 atom stereocenters. The molecule has 2 aromatic carbocycles. The molecule has 0 fully saturated rings. The molecule has 2 rings (SSSR count). The molecule has 0 aliphatic rings. The second-order valence-corrected chi connectivity index (χ2v) is 6.59. The van der Waals surface area contributed by atoms with E-state index in [4.69, 9.17) is 9.47 Å². The van der Waals surface area contributed by atoms with E-state index in [-0.39, 0.29) is 18.4 Å². The molecule has 2 unspecified atom stereocenters. The van der Waals surface area contributed by atoms with Gasteiger partial charge >= 0.3 is 5.97 Å². The zero-order valence-electron chi connectivity index (χ0n) is 16.1. The molecule has 0 saturated carbocycles. The highest BCUT2D eigenvalue weighted by molar-refractivity contribution is 5.81. The Balaban J connectivity index is 1.86. The number of ether oxygens (including phenoxy) is 2. The van der Waals surface area contributed by atoms with E-state index >= 15 is 0 Å². The molecule has 144 valence electrons. The third kappa shape index (κ3) is 6.87. The Morgan fingerprint density at radius 3 is 2.30 bits per heavy atom. The van der Waals surface area contributed by atoms with Crippen molar-refractivity contribution in [2.45, 2.75) is 33.0 Å². The van der Waals surface area contributed by atoms with Crippen LogP contribution in [-0.2, 0) is 32.1 Å². The number of carbonyl (C=O) groups excluding carboxylic acids is 2. The lowest BCUT2D eigenvalue weighted by atomic mass is 9.98. The van der Waals surface area contributed by atoms with Crippen LogP contribution in [0.15, 0.2) is 54.6 Å². The largest absolute Gasteiger partial charge is 0.469 e. The highest BCUT2D eigenvalue weighted by Crippen LogP contribution is 2.12. The molecule has 0 aliphatic heterocycles. The number of methoxy groups -OCH3 is 1. The van der Waals surface area contributed by atoms with E-state index in [0.717, 1.165) is 16.7 Å². The number of esters is 1. The standard InChI is InChI=1S/C22H27NO4/c1-16-9-11-18(12-10-16)13-20(22(25)26-3)14-23-21(24)17(2)27-15-19-7-5-4-6-8-19/h4-12,17,20H,13-15H2,1-3H3,(H,23,24). The molecule has 0 bridgehead atoms. The molecular weight excluding hydrogens is 342 g/mol. The smallest absolute Gasteiger partial charge is 0.310 e. The Hall–Kier alpha value is -2.66. The summed E-state index contributed by atoms with van der Waals surface area (Å²) in [5, 5.41) is 2.80. The van der Waals surface area contributed by atoms with Crippen LogP contribution < -0.4 is 5.32 Å². The minimum atomic E-state index is -0.608. The van der Waals surface area contributed by atoms with Crippen molar-refractivity contribution in [2.75, 3.05) is 13.7 Å². The van der Waals surface area contributed by atoms with Crippen molar-refractivity contribution in [3.8, 4) is 0 Å². The van der Waals surface area contributed by atoms with Crippen LogP contribution in [0.4, 0.5) is 0 Å². The first kappa shape index (κ1) is 20.6. The average molecular weight is 369 g/mol. The van der Waals surface area contributed by atoms with Gasteiger partial charge in [-0.15, -0.1) is 0 Å². The van der Waals surface area contributed by atoms with Crippen molar-refractivity contribution in [1.82, 2.24) is 5.32 Å². The molecule has 5 heteroatoms. The second kappa shape index (κ2) is 10.5. The quantitative estimate of drug-likeness (QED) is 0.690. The molecule has 5 nitrogen and oxygen atoms in total. The number of amides is 1. The van der Waals surface area contributed by atoms with E-state index in [1.807, 2.05) is 61.5 Å². The van der Waals surface area contributed by atoms with E-state index < -0.39 is 12.0 Å². The summed E-state index contributed by atoms with van der Waals surface area (Å²) >= 11 is 0. The van der Waals surface area contributed by atoms with Gasteiger partial charge in [0, 0.05) is 6.54 Å². The molecule has 1 amide bonds. The molecule has 1 N–H and O–H groups in total. The van der Waals surface area contributed by atoms with Crippen LogP contribution in [0.5, 0.6) is 0 Å². The van der Waals surface area contributed by atoms with Gasteiger partial charge in [-0.1, -0.05) is 60.2 Å². The number of rotatable bonds is 9. The molecule has 0 aromatic heterocycles. The normalized spacial score (nSPS) is 12.9. The van der Waals surface area contributed by atoms with Gasteiger partial charge in [0.2, 0.25) is 5.91 Å². The SMILES string of the molecule is COC(=O)C(CNC(=O)C(C)OCc1ccccc1)Cc1ccc(C)cc1. The van der Waals surface area contributed by atoms with Gasteiger partial charge < -0.3 is 14.8 Å². The first-order valence-electron chi connectivity index (χ1n) is 9.06. The number of aryl methyl sites for hydroxylation is 1. The fraction of sp³-hybridized carbons (Fsp3) is 0.364. The zero-order chi connectivity index (χ0) is 19.6. The predicted octanol–water partition coefficient (Wildman–Crippen LogP) is 3.05. The fourth-order valence-electron chi connectivity index (χ4n) is 2.65. The van der Waals surface area contributed by atoms with Crippen LogP contribution in [0.1, 0.15) is 23.6 Å². The zero-order valence-corrected chi connectivity index (χ0v) is 16.1. The van der Waals surface area contributed by atoms with Gasteiger partial charge in [0.1, 0.15) is 6.10 Å². The van der Waals surface area contributed by atoms with Gasteiger partial charge in [0.25, 0.3) is 0 Å². The Morgan fingerprint density at radius 1 is 1.00 bits per heavy atom. The van der Waals surface area contributed by atoms with Crippen molar-refractivity contribution < 1.29 is 19.1 Å². The number of benzene rings is 2. The van der Waals surface area contributed by atoms with Crippen LogP contribution in [-0.4, -0.2) is 31.6 Å². The summed E-state index contributed by atoms with van der Waals surface area (Å²) in [4.78, 5) is 24.4. The average Bonchev–Trinajstić information content (AvgIpc) is 2.70. The lowest BCUT2D eigenvalue weighted by Gasteiger charge is -2.18. The Labute approximate surface area is 160 Å². The van der Waals surface area contributed by atoms with Crippen LogP contribution in [0.3, 0.4) is 0 Å². The summed E-state index contributed by atoms with van der Waals surface area (Å²) in [5.74, 6) is -1.03. The minimum absolute atomic E-state index is 0.207. The topological polar surface area (TPSA) is 64.6 Å². The summed E-state index contributed by atoms with van der Waals surface area (Å²) in [7, 11) is 1.36. The van der Waals surface area contributed by atoms with E-state index in [2.05, 4.69) is 5.32 Å². The van der Waals surface area contributed by atoms with Gasteiger partial charge in [0.05, 0.1) is 19.6 Å². The van der Waals surface area contributed by atoms with Crippen LogP contribution >= 0.6 is 0 Å². The number of nitrogens with one attached hydrogen (secondary N) is 1.